The van der Waals surface area contributed by atoms with Crippen molar-refractivity contribution in [3.63, 3.8) is 0 Å². The van der Waals surface area contributed by atoms with Gasteiger partial charge in [-0.05, 0) is 45.1 Å². The second-order valence-electron chi connectivity index (χ2n) is 4.06. The highest BCUT2D eigenvalue weighted by Gasteiger charge is 2.16. The van der Waals surface area contributed by atoms with Gasteiger partial charge in [-0.25, -0.2) is 0 Å². The highest BCUT2D eigenvalue weighted by atomic mass is 16.7. The minimum Gasteiger partial charge on any atom is -0.454 e. The van der Waals surface area contributed by atoms with Gasteiger partial charge in [0.25, 0.3) is 0 Å². The van der Waals surface area contributed by atoms with Gasteiger partial charge in [-0.2, -0.15) is 0 Å². The monoisotopic (exact) mass is 207 g/mol. The molecule has 0 amide bonds. The summed E-state index contributed by atoms with van der Waals surface area (Å²) in [5.74, 6) is 1.83. The van der Waals surface area contributed by atoms with Crippen LogP contribution in [0.1, 0.15) is 12.0 Å². The van der Waals surface area contributed by atoms with Gasteiger partial charge in [0.05, 0.1) is 0 Å². The number of nitrogens with zero attached hydrogens (tertiary/aromatic N) is 1. The molecule has 0 saturated carbocycles. The van der Waals surface area contributed by atoms with Crippen molar-refractivity contribution >= 4 is 0 Å². The zero-order valence-corrected chi connectivity index (χ0v) is 9.32. The third kappa shape index (κ3) is 2.42. The molecule has 1 aromatic carbocycles. The molecule has 1 heterocycles. The van der Waals surface area contributed by atoms with E-state index in [2.05, 4.69) is 25.1 Å². The Kier molecular flexibility index (Phi) is 3.11. The molecule has 0 atom stereocenters. The van der Waals surface area contributed by atoms with E-state index in [-0.39, 0.29) is 0 Å². The molecular formula is C12H17NO2. The van der Waals surface area contributed by atoms with Crippen molar-refractivity contribution in [3.8, 4) is 11.5 Å². The number of hydrogen-bond donors (Lipinski definition) is 0. The summed E-state index contributed by atoms with van der Waals surface area (Å²) in [6, 6.07) is 6.10. The van der Waals surface area contributed by atoms with Gasteiger partial charge in [0, 0.05) is 0 Å². The van der Waals surface area contributed by atoms with Gasteiger partial charge in [-0.1, -0.05) is 12.1 Å². The zero-order chi connectivity index (χ0) is 10.7. The first-order valence-corrected chi connectivity index (χ1v) is 5.29. The van der Waals surface area contributed by atoms with Crippen LogP contribution in [0, 0.1) is 0 Å². The predicted molar refractivity (Wildman–Crippen MR) is 59.4 cm³/mol. The van der Waals surface area contributed by atoms with Gasteiger partial charge in [0.15, 0.2) is 11.5 Å². The number of benzene rings is 1. The molecule has 0 N–H and O–H groups in total. The summed E-state index contributed by atoms with van der Waals surface area (Å²) in [5, 5.41) is 0. The molecule has 82 valence electrons. The lowest BCUT2D eigenvalue weighted by Gasteiger charge is -2.10. The van der Waals surface area contributed by atoms with E-state index < -0.39 is 0 Å². The average molecular weight is 207 g/mol. The van der Waals surface area contributed by atoms with Crippen molar-refractivity contribution in [2.75, 3.05) is 27.4 Å². The Morgan fingerprint density at radius 2 is 2.13 bits per heavy atom. The quantitative estimate of drug-likeness (QED) is 0.752. The molecular weight excluding hydrogens is 190 g/mol. The molecule has 2 rings (SSSR count). The fourth-order valence-corrected chi connectivity index (χ4v) is 1.77. The Hall–Kier alpha value is -1.22. The van der Waals surface area contributed by atoms with E-state index in [1.807, 2.05) is 12.1 Å². The maximum Gasteiger partial charge on any atom is 0.231 e. The van der Waals surface area contributed by atoms with Crippen LogP contribution in [0.15, 0.2) is 18.2 Å². The van der Waals surface area contributed by atoms with Crippen LogP contribution in [-0.4, -0.2) is 32.3 Å². The standard InChI is InChI=1S/C12H17NO2/c1-13(2)8-4-6-10-5-3-7-11-12(10)15-9-14-11/h3,5,7H,4,6,8-9H2,1-2H3. The number of hydrogen-bond acceptors (Lipinski definition) is 3. The molecule has 0 saturated heterocycles. The molecule has 1 aliphatic rings. The Balaban J connectivity index is 2.00. The lowest BCUT2D eigenvalue weighted by Crippen LogP contribution is -2.13. The van der Waals surface area contributed by atoms with Crippen LogP contribution in [0.5, 0.6) is 11.5 Å². The van der Waals surface area contributed by atoms with Crippen LogP contribution >= 0.6 is 0 Å². The maximum absolute atomic E-state index is 5.45. The molecule has 3 heteroatoms. The van der Waals surface area contributed by atoms with Gasteiger partial charge in [0.2, 0.25) is 6.79 Å². The lowest BCUT2D eigenvalue weighted by molar-refractivity contribution is 0.173. The summed E-state index contributed by atoms with van der Waals surface area (Å²) in [6.45, 7) is 1.46. The van der Waals surface area contributed by atoms with E-state index in [9.17, 15) is 0 Å². The molecule has 0 bridgehead atoms. The first-order chi connectivity index (χ1) is 7.27. The maximum atomic E-state index is 5.45. The molecule has 0 aromatic heterocycles. The summed E-state index contributed by atoms with van der Waals surface area (Å²) in [4.78, 5) is 2.19. The van der Waals surface area contributed by atoms with Gasteiger partial charge in [-0.3, -0.25) is 0 Å². The highest BCUT2D eigenvalue weighted by Crippen LogP contribution is 2.35. The first-order valence-electron chi connectivity index (χ1n) is 5.29. The van der Waals surface area contributed by atoms with E-state index in [0.717, 1.165) is 30.9 Å². The van der Waals surface area contributed by atoms with Gasteiger partial charge in [-0.15, -0.1) is 0 Å². The van der Waals surface area contributed by atoms with Crippen LogP contribution in [0.2, 0.25) is 0 Å². The summed E-state index contributed by atoms with van der Waals surface area (Å²) < 4.78 is 10.8. The second kappa shape index (κ2) is 4.53. The third-order valence-electron chi connectivity index (χ3n) is 2.53. The predicted octanol–water partition coefficient (Wildman–Crippen LogP) is 1.91. The van der Waals surface area contributed by atoms with Crippen LogP contribution in [-0.2, 0) is 6.42 Å². The smallest absolute Gasteiger partial charge is 0.231 e. The summed E-state index contributed by atoms with van der Waals surface area (Å²) in [6.07, 6.45) is 2.19. The normalized spacial score (nSPS) is 13.5. The Labute approximate surface area is 90.6 Å². The molecule has 1 aromatic rings. The SMILES string of the molecule is CN(C)CCCc1cccc2c1OCO2. The van der Waals surface area contributed by atoms with Crippen molar-refractivity contribution in [2.45, 2.75) is 12.8 Å². The van der Waals surface area contributed by atoms with E-state index in [0.29, 0.717) is 6.79 Å². The summed E-state index contributed by atoms with van der Waals surface area (Å²) in [7, 11) is 4.18. The van der Waals surface area contributed by atoms with E-state index in [1.165, 1.54) is 5.56 Å². The molecule has 0 unspecified atom stereocenters. The Morgan fingerprint density at radius 1 is 1.27 bits per heavy atom. The summed E-state index contributed by atoms with van der Waals surface area (Å²) >= 11 is 0. The topological polar surface area (TPSA) is 21.7 Å². The van der Waals surface area contributed by atoms with Gasteiger partial charge < -0.3 is 14.4 Å². The van der Waals surface area contributed by atoms with Gasteiger partial charge >= 0.3 is 0 Å². The molecule has 0 radical (unpaired) electrons. The third-order valence-corrected chi connectivity index (χ3v) is 2.53. The molecule has 15 heavy (non-hydrogen) atoms. The lowest BCUT2D eigenvalue weighted by atomic mass is 10.1. The Bertz CT molecular complexity index is 336. The average Bonchev–Trinajstić information content (AvgIpc) is 2.65. The van der Waals surface area contributed by atoms with Gasteiger partial charge in [0.1, 0.15) is 0 Å². The fraction of sp³-hybridized carbons (Fsp3) is 0.500. The number of rotatable bonds is 4. The van der Waals surface area contributed by atoms with Crippen molar-refractivity contribution < 1.29 is 9.47 Å². The Morgan fingerprint density at radius 3 is 2.93 bits per heavy atom. The minimum atomic E-state index is 0.361. The number of fused-ring (bicyclic) bond motifs is 1. The highest BCUT2D eigenvalue weighted by molar-refractivity contribution is 5.48. The second-order valence-corrected chi connectivity index (χ2v) is 4.06. The number of ether oxygens (including phenoxy) is 2. The van der Waals surface area contributed by atoms with Crippen molar-refractivity contribution in [2.24, 2.45) is 0 Å². The van der Waals surface area contributed by atoms with E-state index >= 15 is 0 Å². The van der Waals surface area contributed by atoms with E-state index in [4.69, 9.17) is 9.47 Å². The van der Waals surface area contributed by atoms with E-state index in [1.54, 1.807) is 0 Å². The molecule has 3 nitrogen and oxygen atoms in total. The summed E-state index contributed by atoms with van der Waals surface area (Å²) in [5.41, 5.74) is 1.26. The largest absolute Gasteiger partial charge is 0.454 e. The number of aryl methyl sites for hydroxylation is 1. The van der Waals surface area contributed by atoms with Crippen LogP contribution < -0.4 is 9.47 Å². The molecule has 1 aliphatic heterocycles. The zero-order valence-electron chi connectivity index (χ0n) is 9.32. The van der Waals surface area contributed by atoms with Crippen LogP contribution in [0.4, 0.5) is 0 Å². The molecule has 0 fully saturated rings. The van der Waals surface area contributed by atoms with Crippen molar-refractivity contribution in [3.05, 3.63) is 23.8 Å². The van der Waals surface area contributed by atoms with Crippen LogP contribution in [0.3, 0.4) is 0 Å². The number of para-hydroxylation sites is 1. The van der Waals surface area contributed by atoms with Crippen molar-refractivity contribution in [1.29, 1.82) is 0 Å². The van der Waals surface area contributed by atoms with Crippen molar-refractivity contribution in [1.82, 2.24) is 4.90 Å². The minimum absolute atomic E-state index is 0.361. The first kappa shape index (κ1) is 10.3. The fourth-order valence-electron chi connectivity index (χ4n) is 1.77. The molecule has 0 spiro atoms. The molecule has 0 aliphatic carbocycles. The van der Waals surface area contributed by atoms with Crippen LogP contribution in [0.25, 0.3) is 0 Å².